The number of nitrogens with one attached hydrogen (secondary N) is 1. The Hall–Kier alpha value is -1.83. The zero-order valence-electron chi connectivity index (χ0n) is 9.94. The van der Waals surface area contributed by atoms with Gasteiger partial charge in [-0.1, -0.05) is 6.92 Å². The summed E-state index contributed by atoms with van der Waals surface area (Å²) in [4.78, 5) is 20.7. The summed E-state index contributed by atoms with van der Waals surface area (Å²) in [7, 11) is 0. The number of H-pyrrole nitrogens is 1. The molecule has 5 nitrogen and oxygen atoms in total. The predicted octanol–water partition coefficient (Wildman–Crippen LogP) is 1.21. The second-order valence-corrected chi connectivity index (χ2v) is 4.24. The van der Waals surface area contributed by atoms with Gasteiger partial charge in [-0.25, -0.2) is 4.98 Å². The first-order chi connectivity index (χ1) is 8.24. The molecule has 0 aliphatic heterocycles. The van der Waals surface area contributed by atoms with E-state index in [1.165, 1.54) is 6.07 Å². The molecule has 1 saturated carbocycles. The molecule has 1 fully saturated rings. The Morgan fingerprint density at radius 2 is 2.41 bits per heavy atom. The second kappa shape index (κ2) is 5.00. The number of aryl methyl sites for hydroxylation is 1. The van der Waals surface area contributed by atoms with Gasteiger partial charge in [0.15, 0.2) is 0 Å². The molecule has 1 N–H and O–H groups in total. The number of aromatic amines is 1. The molecule has 0 radical (unpaired) electrons. The fourth-order valence-corrected chi connectivity index (χ4v) is 1.85. The molecule has 0 bridgehead atoms. The van der Waals surface area contributed by atoms with Crippen molar-refractivity contribution in [1.82, 2.24) is 9.97 Å². The van der Waals surface area contributed by atoms with E-state index in [1.54, 1.807) is 0 Å². The zero-order chi connectivity index (χ0) is 12.3. The molecule has 0 aromatic carbocycles. The highest BCUT2D eigenvalue weighted by Crippen LogP contribution is 2.30. The predicted molar refractivity (Wildman–Crippen MR) is 64.8 cm³/mol. The summed E-state index contributed by atoms with van der Waals surface area (Å²) in [6.07, 6.45) is 3.43. The maximum Gasteiger partial charge on any atom is 0.252 e. The number of hydrogen-bond acceptors (Lipinski definition) is 4. The van der Waals surface area contributed by atoms with Crippen LogP contribution in [0.3, 0.4) is 0 Å². The highest BCUT2D eigenvalue weighted by molar-refractivity contribution is 5.40. The lowest BCUT2D eigenvalue weighted by molar-refractivity contribution is 0.763. The van der Waals surface area contributed by atoms with Crippen molar-refractivity contribution in [3.05, 3.63) is 22.2 Å². The van der Waals surface area contributed by atoms with Crippen LogP contribution in [0.4, 0.5) is 5.82 Å². The van der Waals surface area contributed by atoms with E-state index in [0.29, 0.717) is 37.1 Å². The summed E-state index contributed by atoms with van der Waals surface area (Å²) in [5, 5.41) is 8.65. The third-order valence-corrected chi connectivity index (χ3v) is 2.86. The minimum absolute atomic E-state index is 0.116. The van der Waals surface area contributed by atoms with Crippen LogP contribution in [-0.2, 0) is 6.42 Å². The molecule has 0 saturated heterocycles. The first kappa shape index (κ1) is 11.6. The lowest BCUT2D eigenvalue weighted by atomic mass is 10.3. The topological polar surface area (TPSA) is 72.8 Å². The van der Waals surface area contributed by atoms with Gasteiger partial charge in [0.1, 0.15) is 11.6 Å². The zero-order valence-corrected chi connectivity index (χ0v) is 9.94. The van der Waals surface area contributed by atoms with Crippen molar-refractivity contribution < 1.29 is 0 Å². The van der Waals surface area contributed by atoms with Crippen molar-refractivity contribution in [3.63, 3.8) is 0 Å². The van der Waals surface area contributed by atoms with Gasteiger partial charge in [-0.2, -0.15) is 5.26 Å². The molecule has 90 valence electrons. The Morgan fingerprint density at radius 1 is 1.65 bits per heavy atom. The smallest absolute Gasteiger partial charge is 0.252 e. The Bertz CT molecular complexity index is 484. The largest absolute Gasteiger partial charge is 0.352 e. The van der Waals surface area contributed by atoms with Crippen molar-refractivity contribution in [1.29, 1.82) is 5.26 Å². The molecule has 2 rings (SSSR count). The van der Waals surface area contributed by atoms with Crippen molar-refractivity contribution >= 4 is 5.82 Å². The first-order valence-electron chi connectivity index (χ1n) is 5.98. The number of nitrogens with zero attached hydrogens (tertiary/aromatic N) is 3. The van der Waals surface area contributed by atoms with Gasteiger partial charge < -0.3 is 9.88 Å². The molecule has 17 heavy (non-hydrogen) atoms. The normalized spacial score (nSPS) is 14.4. The van der Waals surface area contributed by atoms with Crippen molar-refractivity contribution in [2.24, 2.45) is 0 Å². The maximum atomic E-state index is 11.5. The summed E-state index contributed by atoms with van der Waals surface area (Å²) in [6.45, 7) is 2.61. The van der Waals surface area contributed by atoms with Gasteiger partial charge in [0.25, 0.3) is 5.56 Å². The Balaban J connectivity index is 2.25. The van der Waals surface area contributed by atoms with Crippen molar-refractivity contribution in [2.75, 3.05) is 11.4 Å². The van der Waals surface area contributed by atoms with Crippen LogP contribution in [0.2, 0.25) is 0 Å². The van der Waals surface area contributed by atoms with Crippen LogP contribution in [0, 0.1) is 11.3 Å². The minimum Gasteiger partial charge on any atom is -0.352 e. The highest BCUT2D eigenvalue weighted by Gasteiger charge is 2.30. The van der Waals surface area contributed by atoms with Crippen LogP contribution in [0.25, 0.3) is 0 Å². The fourth-order valence-electron chi connectivity index (χ4n) is 1.85. The Morgan fingerprint density at radius 3 is 3.00 bits per heavy atom. The lowest BCUT2D eigenvalue weighted by Gasteiger charge is -2.22. The van der Waals surface area contributed by atoms with Crippen LogP contribution >= 0.6 is 0 Å². The third-order valence-electron chi connectivity index (χ3n) is 2.86. The number of hydrogen-bond donors (Lipinski definition) is 1. The molecule has 0 amide bonds. The minimum atomic E-state index is -0.116. The average molecular weight is 232 g/mol. The van der Waals surface area contributed by atoms with Crippen LogP contribution in [-0.4, -0.2) is 22.6 Å². The summed E-state index contributed by atoms with van der Waals surface area (Å²) < 4.78 is 0. The molecule has 1 aromatic rings. The molecule has 1 aliphatic carbocycles. The number of rotatable bonds is 5. The SMILES string of the molecule is CCc1nc(N(CCC#N)C2CC2)cc(=O)[nH]1. The average Bonchev–Trinajstić information content (AvgIpc) is 3.13. The number of aromatic nitrogens is 2. The number of nitriles is 1. The highest BCUT2D eigenvalue weighted by atomic mass is 16.1. The van der Waals surface area contributed by atoms with Gasteiger partial charge in [-0.3, -0.25) is 4.79 Å². The molecule has 5 heteroatoms. The van der Waals surface area contributed by atoms with E-state index in [0.717, 1.165) is 12.8 Å². The van der Waals surface area contributed by atoms with E-state index in [2.05, 4.69) is 20.9 Å². The van der Waals surface area contributed by atoms with Crippen LogP contribution in [0.5, 0.6) is 0 Å². The van der Waals surface area contributed by atoms with E-state index in [-0.39, 0.29) is 5.56 Å². The summed E-state index contributed by atoms with van der Waals surface area (Å²) in [5.41, 5.74) is -0.116. The molecule has 1 aromatic heterocycles. The molecular weight excluding hydrogens is 216 g/mol. The second-order valence-electron chi connectivity index (χ2n) is 4.24. The van der Waals surface area contributed by atoms with Crippen molar-refractivity contribution in [3.8, 4) is 6.07 Å². The molecule has 0 unspecified atom stereocenters. The quantitative estimate of drug-likeness (QED) is 0.828. The maximum absolute atomic E-state index is 11.5. The van der Waals surface area contributed by atoms with E-state index >= 15 is 0 Å². The van der Waals surface area contributed by atoms with Gasteiger partial charge in [0, 0.05) is 25.1 Å². The molecule has 1 heterocycles. The van der Waals surface area contributed by atoms with E-state index < -0.39 is 0 Å². The summed E-state index contributed by atoms with van der Waals surface area (Å²) >= 11 is 0. The fraction of sp³-hybridized carbons (Fsp3) is 0.583. The standard InChI is InChI=1S/C12H16N4O/c1-2-10-14-11(8-12(17)15-10)16(7-3-6-13)9-4-5-9/h8-9H,2-5,7H2,1H3,(H,14,15,17). The van der Waals surface area contributed by atoms with Gasteiger partial charge in [-0.05, 0) is 12.8 Å². The lowest BCUT2D eigenvalue weighted by Crippen LogP contribution is -2.29. The summed E-state index contributed by atoms with van der Waals surface area (Å²) in [6, 6.07) is 4.12. The third kappa shape index (κ3) is 2.84. The summed E-state index contributed by atoms with van der Waals surface area (Å²) in [5.74, 6) is 1.42. The molecule has 1 aliphatic rings. The van der Waals surface area contributed by atoms with Crippen LogP contribution < -0.4 is 10.5 Å². The molecular formula is C12H16N4O. The number of anilines is 1. The molecule has 0 spiro atoms. The van der Waals surface area contributed by atoms with Gasteiger partial charge >= 0.3 is 0 Å². The van der Waals surface area contributed by atoms with E-state index in [9.17, 15) is 4.79 Å². The van der Waals surface area contributed by atoms with E-state index in [4.69, 9.17) is 5.26 Å². The van der Waals surface area contributed by atoms with Gasteiger partial charge in [-0.15, -0.1) is 0 Å². The van der Waals surface area contributed by atoms with Crippen LogP contribution in [0.1, 0.15) is 32.0 Å². The van der Waals surface area contributed by atoms with Crippen molar-refractivity contribution in [2.45, 2.75) is 38.6 Å². The Labute approximate surface area is 100 Å². The first-order valence-corrected chi connectivity index (χ1v) is 5.98. The molecule has 0 atom stereocenters. The monoisotopic (exact) mass is 232 g/mol. The Kier molecular flexibility index (Phi) is 3.43. The van der Waals surface area contributed by atoms with Gasteiger partial charge in [0.2, 0.25) is 0 Å². The van der Waals surface area contributed by atoms with Gasteiger partial charge in [0.05, 0.1) is 12.5 Å². The van der Waals surface area contributed by atoms with Crippen LogP contribution in [0.15, 0.2) is 10.9 Å². The van der Waals surface area contributed by atoms with E-state index in [1.807, 2.05) is 6.92 Å².